The standard InChI is InChI=1S/C35H46O20.C7H7NO3/c1-14-24(43)27(46)32(55-34-28(47)26(45)25(44)21(12-36)51-34)35(50-14)54-31-29(48)33(49-9-8-16-3-6-18(39)20(41)11-16)52-22(13-37)30(31)53-23(42)7-4-15-2-5-17(38)19(40)10-15;8-4-1-2-6(9)5(3-4)7(10)11/h2-7,10-11,14,21-22,24-41,43-48H,8-9,12-13H2,1H3;1-3,9H,8H2,(H,10,11)/b7-4+;/t14-,21+,22+,24-,25-,26-,27+,28+,29+,30+,31+,32+,33+,34-,35-;/m0./s1. The molecule has 3 heterocycles. The number of phenols is 5. The average molecular weight is 940 g/mol. The van der Waals surface area contributed by atoms with Gasteiger partial charge >= 0.3 is 11.9 Å². The molecule has 3 aliphatic heterocycles. The molecule has 0 unspecified atom stereocenters. The molecule has 24 heteroatoms. The van der Waals surface area contributed by atoms with Gasteiger partial charge in [-0.25, -0.2) is 9.59 Å². The van der Waals surface area contributed by atoms with Crippen LogP contribution in [-0.2, 0) is 44.4 Å². The van der Waals surface area contributed by atoms with E-state index in [2.05, 4.69) is 0 Å². The molecule has 0 aromatic heterocycles. The Balaban J connectivity index is 0.000000649. The number of nitrogens with two attached hydrogens (primary N) is 1. The highest BCUT2D eigenvalue weighted by Gasteiger charge is 2.54. The molecule has 3 fully saturated rings. The average Bonchev–Trinajstić information content (AvgIpc) is 3.28. The van der Waals surface area contributed by atoms with Crippen molar-refractivity contribution >= 4 is 23.7 Å². The third-order valence-electron chi connectivity index (χ3n) is 10.6. The molecule has 66 heavy (non-hydrogen) atoms. The highest BCUT2D eigenvalue weighted by molar-refractivity contribution is 5.91. The highest BCUT2D eigenvalue weighted by atomic mass is 16.8. The molecule has 0 amide bonds. The minimum Gasteiger partial charge on any atom is -0.507 e. The number of benzene rings is 3. The van der Waals surface area contributed by atoms with Gasteiger partial charge in [0.25, 0.3) is 0 Å². The summed E-state index contributed by atoms with van der Waals surface area (Å²) in [5.41, 5.74) is 6.24. The number of carboxylic acids is 1. The smallest absolute Gasteiger partial charge is 0.339 e. The number of nitrogen functional groups attached to an aromatic ring is 1. The SMILES string of the molecule is C[C@@H]1O[C@@H](O[C@@H]2[C@@H](O)[C@H](OCCc3ccc(O)c(O)c3)O[C@H](CO)[C@H]2OC(=O)/C=C/c2ccc(O)c(O)c2)[C@H](O[C@@H]2O[C@H](CO)[C@H](O)[C@H](O)[C@H]2O)[C@H](O)[C@H]1O.Nc1ccc(O)c(C(=O)O)c1. The van der Waals surface area contributed by atoms with Gasteiger partial charge in [-0.05, 0) is 73.0 Å². The van der Waals surface area contributed by atoms with E-state index in [9.17, 15) is 70.9 Å². The van der Waals surface area contributed by atoms with Gasteiger partial charge in [-0.1, -0.05) is 12.1 Å². The van der Waals surface area contributed by atoms with Crippen LogP contribution >= 0.6 is 0 Å². The Morgan fingerprint density at radius 1 is 0.636 bits per heavy atom. The summed E-state index contributed by atoms with van der Waals surface area (Å²) in [7, 11) is 0. The van der Waals surface area contributed by atoms with Crippen molar-refractivity contribution in [1.29, 1.82) is 0 Å². The van der Waals surface area contributed by atoms with Crippen LogP contribution in [0.1, 0.15) is 28.4 Å². The molecule has 6 rings (SSSR count). The van der Waals surface area contributed by atoms with E-state index < -0.39 is 129 Å². The van der Waals surface area contributed by atoms with Crippen molar-refractivity contribution in [3.63, 3.8) is 0 Å². The van der Waals surface area contributed by atoms with Crippen LogP contribution in [-0.4, -0.2) is 195 Å². The summed E-state index contributed by atoms with van der Waals surface area (Å²) in [6.45, 7) is -0.439. The number of aliphatic hydroxyl groups is 8. The monoisotopic (exact) mass is 939 g/mol. The number of carboxylic acid groups (broad SMARTS) is 1. The molecule has 364 valence electrons. The van der Waals surface area contributed by atoms with Crippen LogP contribution in [0.3, 0.4) is 0 Å². The lowest BCUT2D eigenvalue weighted by atomic mass is 9.96. The fourth-order valence-electron chi connectivity index (χ4n) is 6.95. The summed E-state index contributed by atoms with van der Waals surface area (Å²) in [5, 5.41) is 141. The summed E-state index contributed by atoms with van der Waals surface area (Å²) in [4.78, 5) is 23.5. The summed E-state index contributed by atoms with van der Waals surface area (Å²) < 4.78 is 40.2. The predicted octanol–water partition coefficient (Wildman–Crippen LogP) is -2.52. The lowest BCUT2D eigenvalue weighted by Crippen LogP contribution is -2.66. The first kappa shape index (κ1) is 51.6. The maximum absolute atomic E-state index is 13.1. The molecule has 0 aliphatic carbocycles. The first-order valence-corrected chi connectivity index (χ1v) is 20.2. The number of anilines is 1. The van der Waals surface area contributed by atoms with Crippen LogP contribution in [0.25, 0.3) is 6.08 Å². The number of carbonyl (C=O) groups excluding carboxylic acids is 1. The molecule has 3 saturated heterocycles. The molecule has 3 aromatic carbocycles. The van der Waals surface area contributed by atoms with Crippen molar-refractivity contribution in [2.75, 3.05) is 25.6 Å². The maximum atomic E-state index is 13.1. The van der Waals surface area contributed by atoms with Crippen molar-refractivity contribution in [2.24, 2.45) is 0 Å². The van der Waals surface area contributed by atoms with E-state index in [1.54, 1.807) is 0 Å². The zero-order chi connectivity index (χ0) is 48.6. The Kier molecular flexibility index (Phi) is 17.9. The number of hydrogen-bond donors (Lipinski definition) is 15. The number of aliphatic hydroxyl groups excluding tert-OH is 8. The van der Waals surface area contributed by atoms with Crippen molar-refractivity contribution in [1.82, 2.24) is 0 Å². The van der Waals surface area contributed by atoms with Crippen LogP contribution in [0.2, 0.25) is 0 Å². The predicted molar refractivity (Wildman–Crippen MR) is 219 cm³/mol. The maximum Gasteiger partial charge on any atom is 0.339 e. The second kappa shape index (κ2) is 22.9. The van der Waals surface area contributed by atoms with E-state index in [1.165, 1.54) is 61.5 Å². The fraction of sp³-hybridized carbons (Fsp3) is 0.476. The minimum atomic E-state index is -1.95. The molecule has 3 aliphatic rings. The number of rotatable bonds is 14. The van der Waals surface area contributed by atoms with Crippen LogP contribution < -0.4 is 5.73 Å². The zero-order valence-corrected chi connectivity index (χ0v) is 34.9. The summed E-state index contributed by atoms with van der Waals surface area (Å²) >= 11 is 0. The molecule has 3 aromatic rings. The number of phenolic OH excluding ortho intramolecular Hbond substituents is 4. The lowest BCUT2D eigenvalue weighted by molar-refractivity contribution is -0.386. The zero-order valence-electron chi connectivity index (χ0n) is 34.9. The van der Waals surface area contributed by atoms with Crippen LogP contribution in [0, 0.1) is 0 Å². The number of esters is 1. The van der Waals surface area contributed by atoms with Gasteiger partial charge in [0, 0.05) is 11.8 Å². The van der Waals surface area contributed by atoms with E-state index >= 15 is 0 Å². The molecule has 0 spiro atoms. The van der Waals surface area contributed by atoms with Crippen molar-refractivity contribution in [3.05, 3.63) is 77.4 Å². The highest BCUT2D eigenvalue weighted by Crippen LogP contribution is 2.35. The van der Waals surface area contributed by atoms with Gasteiger partial charge in [-0.15, -0.1) is 0 Å². The number of hydrogen-bond acceptors (Lipinski definition) is 23. The third-order valence-corrected chi connectivity index (χ3v) is 10.6. The first-order chi connectivity index (χ1) is 31.2. The van der Waals surface area contributed by atoms with Crippen molar-refractivity contribution in [3.8, 4) is 28.7 Å². The minimum absolute atomic E-state index is 0.133. The topological polar surface area (TPSA) is 408 Å². The number of ether oxygens (including phenoxy) is 7. The molecular weight excluding hydrogens is 886 g/mol. The van der Waals surface area contributed by atoms with Crippen LogP contribution in [0.5, 0.6) is 28.7 Å². The van der Waals surface area contributed by atoms with Gasteiger partial charge in [0.05, 0.1) is 25.9 Å². The van der Waals surface area contributed by atoms with Gasteiger partial charge in [-0.2, -0.15) is 0 Å². The largest absolute Gasteiger partial charge is 0.507 e. The lowest BCUT2D eigenvalue weighted by Gasteiger charge is -2.48. The van der Waals surface area contributed by atoms with Gasteiger partial charge in [-0.3, -0.25) is 0 Å². The number of aromatic hydroxyl groups is 5. The second-order valence-electron chi connectivity index (χ2n) is 15.3. The Morgan fingerprint density at radius 3 is 1.88 bits per heavy atom. The van der Waals surface area contributed by atoms with Gasteiger partial charge in [0.2, 0.25) is 0 Å². The van der Waals surface area contributed by atoms with E-state index in [0.29, 0.717) is 11.3 Å². The normalized spacial score (nSPS) is 32.3. The first-order valence-electron chi connectivity index (χ1n) is 20.2. The Hall–Kier alpha value is -5.42. The van der Waals surface area contributed by atoms with E-state index in [-0.39, 0.29) is 41.4 Å². The quantitative estimate of drug-likeness (QED) is 0.0261. The molecule has 0 saturated carbocycles. The fourth-order valence-corrected chi connectivity index (χ4v) is 6.95. The van der Waals surface area contributed by atoms with Gasteiger partial charge in [0.1, 0.15) is 72.4 Å². The van der Waals surface area contributed by atoms with Gasteiger partial charge in [0.15, 0.2) is 48.0 Å². The van der Waals surface area contributed by atoms with E-state index in [1.807, 2.05) is 0 Å². The Labute approximate surface area is 374 Å². The van der Waals surface area contributed by atoms with E-state index in [0.717, 1.165) is 12.1 Å². The van der Waals surface area contributed by atoms with Gasteiger partial charge < -0.3 is 110 Å². The molecular formula is C42H53NO23. The molecule has 16 N–H and O–H groups in total. The molecule has 0 bridgehead atoms. The summed E-state index contributed by atoms with van der Waals surface area (Å²) in [5.74, 6) is -4.10. The molecule has 24 nitrogen and oxygen atoms in total. The van der Waals surface area contributed by atoms with E-state index in [4.69, 9.17) is 49.1 Å². The number of aromatic carboxylic acids is 1. The van der Waals surface area contributed by atoms with Crippen molar-refractivity contribution < 1.29 is 114 Å². The summed E-state index contributed by atoms with van der Waals surface area (Å²) in [6, 6.07) is 11.7. The van der Waals surface area contributed by atoms with Crippen molar-refractivity contribution in [2.45, 2.75) is 105 Å². The summed E-state index contributed by atoms with van der Waals surface area (Å²) in [6.07, 6.45) is -23.1. The molecule has 0 radical (unpaired) electrons. The number of carbonyl (C=O) groups is 2. The molecule has 15 atom stereocenters. The third kappa shape index (κ3) is 12.5. The second-order valence-corrected chi connectivity index (χ2v) is 15.3. The van der Waals surface area contributed by atoms with Crippen LogP contribution in [0.15, 0.2) is 60.7 Å². The van der Waals surface area contributed by atoms with Crippen LogP contribution in [0.4, 0.5) is 5.69 Å². The Bertz CT molecular complexity index is 2120. The Morgan fingerprint density at radius 2 is 1.26 bits per heavy atom.